The molecule has 0 aliphatic carbocycles. The van der Waals surface area contributed by atoms with Gasteiger partial charge in [0.1, 0.15) is 11.5 Å². The summed E-state index contributed by atoms with van der Waals surface area (Å²) in [6.07, 6.45) is 0.707. The topological polar surface area (TPSA) is 57.7 Å². The van der Waals surface area contributed by atoms with Gasteiger partial charge in [-0.2, -0.15) is 0 Å². The number of benzene rings is 1. The van der Waals surface area contributed by atoms with E-state index in [4.69, 9.17) is 14.2 Å². The molecular weight excluding hydrogens is 318 g/mol. The molecule has 1 heterocycles. The van der Waals surface area contributed by atoms with Crippen LogP contribution in [0.5, 0.6) is 11.5 Å². The van der Waals surface area contributed by atoms with Crippen molar-refractivity contribution < 1.29 is 19.0 Å². The molecule has 2 aromatic rings. The minimum absolute atomic E-state index is 0.114. The average molecular weight is 343 g/mol. The maximum atomic E-state index is 12.3. The number of nitrogens with zero attached hydrogens (tertiary/aromatic N) is 1. The predicted octanol–water partition coefficient (Wildman–Crippen LogP) is 4.50. The molecule has 0 spiro atoms. The molecule has 0 fully saturated rings. The lowest BCUT2D eigenvalue weighted by molar-refractivity contribution is 0.0327. The molecule has 2 rings (SSSR count). The van der Waals surface area contributed by atoms with E-state index in [-0.39, 0.29) is 17.9 Å². The normalized spacial score (nSPS) is 11.9. The van der Waals surface area contributed by atoms with E-state index in [9.17, 15) is 4.79 Å². The molecule has 0 radical (unpaired) electrons. The molecule has 0 bridgehead atoms. The molecule has 134 valence electrons. The summed E-state index contributed by atoms with van der Waals surface area (Å²) in [4.78, 5) is 16.7. The Morgan fingerprint density at radius 3 is 2.32 bits per heavy atom. The molecule has 5 heteroatoms. The van der Waals surface area contributed by atoms with Gasteiger partial charge >= 0.3 is 5.97 Å². The van der Waals surface area contributed by atoms with Gasteiger partial charge in [-0.1, -0.05) is 6.92 Å². The molecule has 1 unspecified atom stereocenters. The Morgan fingerprint density at radius 1 is 1.08 bits per heavy atom. The Morgan fingerprint density at radius 2 is 1.76 bits per heavy atom. The lowest BCUT2D eigenvalue weighted by atomic mass is 10.1. The van der Waals surface area contributed by atoms with Crippen molar-refractivity contribution in [2.24, 2.45) is 0 Å². The first-order valence-electron chi connectivity index (χ1n) is 8.47. The number of esters is 1. The predicted molar refractivity (Wildman–Crippen MR) is 97.2 cm³/mol. The number of rotatable bonds is 7. The highest BCUT2D eigenvalue weighted by atomic mass is 16.5. The van der Waals surface area contributed by atoms with Gasteiger partial charge in [0.2, 0.25) is 0 Å². The Bertz CT molecular complexity index is 710. The molecule has 0 aliphatic heterocycles. The van der Waals surface area contributed by atoms with E-state index < -0.39 is 5.97 Å². The Hall–Kier alpha value is -2.56. The minimum Gasteiger partial charge on any atom is -0.497 e. The highest BCUT2D eigenvalue weighted by molar-refractivity contribution is 5.88. The number of methoxy groups -OCH3 is 1. The number of carbonyl (C=O) groups is 1. The summed E-state index contributed by atoms with van der Waals surface area (Å²) >= 11 is 0. The maximum absolute atomic E-state index is 12.3. The van der Waals surface area contributed by atoms with Gasteiger partial charge in [0.15, 0.2) is 5.69 Å². The summed E-state index contributed by atoms with van der Waals surface area (Å²) in [5.41, 5.74) is 1.75. The van der Waals surface area contributed by atoms with Crippen LogP contribution in [-0.4, -0.2) is 30.3 Å². The Kier molecular flexibility index (Phi) is 6.39. The third kappa shape index (κ3) is 5.21. The van der Waals surface area contributed by atoms with Crippen LogP contribution in [0.15, 0.2) is 36.4 Å². The SMILES string of the molecule is CCC(C)OC(=O)c1cc(OC)cc(-c2ccc(OC(C)C)cc2)n1. The van der Waals surface area contributed by atoms with Crippen molar-refractivity contribution in [1.29, 1.82) is 0 Å². The van der Waals surface area contributed by atoms with Crippen LogP contribution >= 0.6 is 0 Å². The fourth-order valence-corrected chi connectivity index (χ4v) is 2.18. The van der Waals surface area contributed by atoms with Crippen LogP contribution in [0.3, 0.4) is 0 Å². The number of pyridine rings is 1. The molecule has 1 atom stereocenters. The fourth-order valence-electron chi connectivity index (χ4n) is 2.18. The van der Waals surface area contributed by atoms with Crippen molar-refractivity contribution in [3.63, 3.8) is 0 Å². The fraction of sp³-hybridized carbons (Fsp3) is 0.400. The highest BCUT2D eigenvalue weighted by Crippen LogP contribution is 2.26. The summed E-state index contributed by atoms with van der Waals surface area (Å²) < 4.78 is 16.3. The summed E-state index contributed by atoms with van der Waals surface area (Å²) in [7, 11) is 1.56. The summed E-state index contributed by atoms with van der Waals surface area (Å²) in [5, 5.41) is 0. The second kappa shape index (κ2) is 8.51. The first-order chi connectivity index (χ1) is 11.9. The lowest BCUT2D eigenvalue weighted by Crippen LogP contribution is -2.15. The summed E-state index contributed by atoms with van der Waals surface area (Å²) in [5.74, 6) is 0.899. The zero-order valence-electron chi connectivity index (χ0n) is 15.4. The summed E-state index contributed by atoms with van der Waals surface area (Å²) in [6, 6.07) is 11.0. The van der Waals surface area contributed by atoms with Crippen molar-refractivity contribution in [2.45, 2.75) is 46.3 Å². The molecule has 0 aliphatic rings. The van der Waals surface area contributed by atoms with Crippen LogP contribution in [0.2, 0.25) is 0 Å². The molecule has 1 aromatic heterocycles. The molecule has 0 N–H and O–H groups in total. The number of hydrogen-bond donors (Lipinski definition) is 0. The number of aromatic nitrogens is 1. The van der Waals surface area contributed by atoms with Gasteiger partial charge in [-0.05, 0) is 51.5 Å². The summed E-state index contributed by atoms with van der Waals surface area (Å²) in [6.45, 7) is 7.77. The quantitative estimate of drug-likeness (QED) is 0.693. The monoisotopic (exact) mass is 343 g/mol. The largest absolute Gasteiger partial charge is 0.497 e. The van der Waals surface area contributed by atoms with Crippen LogP contribution in [0.4, 0.5) is 0 Å². The minimum atomic E-state index is -0.450. The Balaban J connectivity index is 2.31. The molecule has 0 saturated heterocycles. The van der Waals surface area contributed by atoms with Gasteiger partial charge in [0.25, 0.3) is 0 Å². The van der Waals surface area contributed by atoms with E-state index >= 15 is 0 Å². The van der Waals surface area contributed by atoms with Gasteiger partial charge in [0, 0.05) is 17.7 Å². The molecule has 0 saturated carbocycles. The van der Waals surface area contributed by atoms with Crippen LogP contribution in [-0.2, 0) is 4.74 Å². The second-order valence-electron chi connectivity index (χ2n) is 6.09. The van der Waals surface area contributed by atoms with E-state index in [0.717, 1.165) is 17.7 Å². The highest BCUT2D eigenvalue weighted by Gasteiger charge is 2.16. The van der Waals surface area contributed by atoms with Crippen molar-refractivity contribution in [2.75, 3.05) is 7.11 Å². The molecule has 25 heavy (non-hydrogen) atoms. The first-order valence-corrected chi connectivity index (χ1v) is 8.47. The number of ether oxygens (including phenoxy) is 3. The van der Waals surface area contributed by atoms with E-state index in [1.807, 2.05) is 52.0 Å². The van der Waals surface area contributed by atoms with Crippen LogP contribution in [0, 0.1) is 0 Å². The van der Waals surface area contributed by atoms with Gasteiger partial charge < -0.3 is 14.2 Å². The third-order valence-corrected chi connectivity index (χ3v) is 3.65. The molecule has 1 aromatic carbocycles. The van der Waals surface area contributed by atoms with Gasteiger partial charge in [-0.3, -0.25) is 0 Å². The van der Waals surface area contributed by atoms with E-state index in [2.05, 4.69) is 4.98 Å². The van der Waals surface area contributed by atoms with E-state index in [1.54, 1.807) is 19.2 Å². The van der Waals surface area contributed by atoms with E-state index in [0.29, 0.717) is 11.4 Å². The van der Waals surface area contributed by atoms with Crippen LogP contribution in [0.25, 0.3) is 11.3 Å². The first kappa shape index (κ1) is 18.8. The second-order valence-corrected chi connectivity index (χ2v) is 6.09. The van der Waals surface area contributed by atoms with Crippen molar-refractivity contribution in [3.8, 4) is 22.8 Å². The standard InChI is InChI=1S/C20H25NO4/c1-6-14(4)25-20(22)19-12-17(23-5)11-18(21-19)15-7-9-16(10-8-15)24-13(2)3/h7-14H,6H2,1-5H3. The molecular formula is C20H25NO4. The number of hydrogen-bond acceptors (Lipinski definition) is 5. The van der Waals surface area contributed by atoms with Crippen LogP contribution in [0.1, 0.15) is 44.6 Å². The maximum Gasteiger partial charge on any atom is 0.357 e. The molecule has 0 amide bonds. The van der Waals surface area contributed by atoms with Gasteiger partial charge in [0.05, 0.1) is 25.0 Å². The van der Waals surface area contributed by atoms with Crippen molar-refractivity contribution in [3.05, 3.63) is 42.1 Å². The van der Waals surface area contributed by atoms with Crippen molar-refractivity contribution in [1.82, 2.24) is 4.98 Å². The van der Waals surface area contributed by atoms with Crippen molar-refractivity contribution >= 4 is 5.97 Å². The van der Waals surface area contributed by atoms with E-state index in [1.165, 1.54) is 0 Å². The number of carbonyl (C=O) groups excluding carboxylic acids is 1. The van der Waals surface area contributed by atoms with Crippen LogP contribution < -0.4 is 9.47 Å². The average Bonchev–Trinajstić information content (AvgIpc) is 2.61. The lowest BCUT2D eigenvalue weighted by Gasteiger charge is -2.13. The smallest absolute Gasteiger partial charge is 0.357 e. The zero-order chi connectivity index (χ0) is 18.4. The van der Waals surface area contributed by atoms with Gasteiger partial charge in [-0.25, -0.2) is 9.78 Å². The van der Waals surface area contributed by atoms with Gasteiger partial charge in [-0.15, -0.1) is 0 Å². The Labute approximate surface area is 148 Å². The molecule has 5 nitrogen and oxygen atoms in total. The zero-order valence-corrected chi connectivity index (χ0v) is 15.4. The third-order valence-electron chi connectivity index (χ3n) is 3.65.